The van der Waals surface area contributed by atoms with Crippen LogP contribution in [-0.4, -0.2) is 41.3 Å². The molecule has 0 N–H and O–H groups in total. The zero-order valence-corrected chi connectivity index (χ0v) is 20.1. The van der Waals surface area contributed by atoms with E-state index < -0.39 is 36.2 Å². The number of esters is 1. The molecule has 0 aliphatic heterocycles. The first-order valence-electron chi connectivity index (χ1n) is 9.82. The van der Waals surface area contributed by atoms with Gasteiger partial charge in [-0.25, -0.2) is 4.79 Å². The van der Waals surface area contributed by atoms with Gasteiger partial charge in [0.2, 0.25) is 11.8 Å². The van der Waals surface area contributed by atoms with Crippen LogP contribution in [0.15, 0.2) is 24.3 Å². The van der Waals surface area contributed by atoms with Gasteiger partial charge in [0, 0.05) is 25.2 Å². The van der Waals surface area contributed by atoms with E-state index in [1.54, 1.807) is 6.92 Å². The molecule has 0 heterocycles. The Morgan fingerprint density at radius 3 is 1.83 bits per heavy atom. The van der Waals surface area contributed by atoms with Crippen LogP contribution in [0.5, 0.6) is 0 Å². The molecule has 0 bridgehead atoms. The van der Waals surface area contributed by atoms with E-state index in [9.17, 15) is 24.3 Å². The summed E-state index contributed by atoms with van der Waals surface area (Å²) in [6.45, 7) is 5.60. The van der Waals surface area contributed by atoms with E-state index >= 15 is 0 Å². The maximum Gasteiger partial charge on any atom is 1.00 e. The molecule has 1 atom stereocenters. The average Bonchev–Trinajstić information content (AvgIpc) is 2.65. The molecule has 0 aromatic heterocycles. The van der Waals surface area contributed by atoms with Gasteiger partial charge in [-0.05, 0) is 46.0 Å². The first-order valence-corrected chi connectivity index (χ1v) is 9.82. The van der Waals surface area contributed by atoms with Gasteiger partial charge < -0.3 is 14.6 Å². The summed E-state index contributed by atoms with van der Waals surface area (Å²) in [6, 6.07) is -1.50. The van der Waals surface area contributed by atoms with Crippen molar-refractivity contribution in [3.05, 3.63) is 24.3 Å². The molecule has 0 fully saturated rings. The Morgan fingerprint density at radius 1 is 0.966 bits per heavy atom. The Balaban J connectivity index is 0. The number of nitrogens with zero attached hydrogens (tertiary/aromatic N) is 1. The summed E-state index contributed by atoms with van der Waals surface area (Å²) < 4.78 is 5.02. The van der Waals surface area contributed by atoms with E-state index in [2.05, 4.69) is 0 Å². The number of allylic oxidation sites excluding steroid dienone is 4. The molecule has 0 aromatic rings. The van der Waals surface area contributed by atoms with E-state index in [-0.39, 0.29) is 49.0 Å². The maximum atomic E-state index is 12.7. The van der Waals surface area contributed by atoms with E-state index in [0.717, 1.165) is 4.90 Å². The molecule has 158 valence electrons. The van der Waals surface area contributed by atoms with Gasteiger partial charge in [-0.3, -0.25) is 14.5 Å². The molecule has 0 aromatic carbocycles. The number of ether oxygens (including phenoxy) is 1. The van der Waals surface area contributed by atoms with Crippen LogP contribution in [0.3, 0.4) is 0 Å². The van der Waals surface area contributed by atoms with Crippen molar-refractivity contribution in [1.82, 2.24) is 4.90 Å². The minimum Gasteiger partial charge on any atom is -0.550 e. The van der Waals surface area contributed by atoms with Gasteiger partial charge in [-0.1, -0.05) is 31.2 Å². The molecule has 29 heavy (non-hydrogen) atoms. The Bertz CT molecular complexity index is 544. The predicted molar refractivity (Wildman–Crippen MR) is 104 cm³/mol. The Morgan fingerprint density at radius 2 is 1.45 bits per heavy atom. The SMILES string of the molecule is C/C=C/CCCC(=O)N(C(=O)CCC/C=C/C)C(CC(=O)[O-])C(=O)OCCC.[Na+]. The molecule has 0 radical (unpaired) electrons. The number of carboxylic acid groups (broad SMARTS) is 1. The van der Waals surface area contributed by atoms with Crippen LogP contribution in [0.25, 0.3) is 0 Å². The van der Waals surface area contributed by atoms with Crippen LogP contribution in [0.2, 0.25) is 0 Å². The predicted octanol–water partition coefficient (Wildman–Crippen LogP) is -0.700. The number of unbranched alkanes of at least 4 members (excludes halogenated alkanes) is 2. The standard InChI is InChI=1S/C21H33NO6.Na/c1-4-7-9-11-13-18(23)22(19(24)14-12-10-8-5-2)17(16-20(25)26)21(27)28-15-6-3;/h4-5,7-8,17H,6,9-16H2,1-3H3,(H,25,26);/q;+1/p-1/b7-4+,8-5+;. The van der Waals surface area contributed by atoms with Gasteiger partial charge in [0.1, 0.15) is 6.04 Å². The van der Waals surface area contributed by atoms with Gasteiger partial charge in [-0.15, -0.1) is 0 Å². The van der Waals surface area contributed by atoms with Gasteiger partial charge in [0.25, 0.3) is 0 Å². The topological polar surface area (TPSA) is 104 Å². The van der Waals surface area contributed by atoms with Crippen LogP contribution >= 0.6 is 0 Å². The molecule has 0 rings (SSSR count). The normalized spacial score (nSPS) is 11.8. The monoisotopic (exact) mass is 417 g/mol. The molecule has 8 heteroatoms. The molecular weight excluding hydrogens is 385 g/mol. The van der Waals surface area contributed by atoms with Crippen molar-refractivity contribution in [3.8, 4) is 0 Å². The molecule has 0 aliphatic carbocycles. The second kappa shape index (κ2) is 18.6. The number of aliphatic carboxylic acids is 1. The van der Waals surface area contributed by atoms with Crippen LogP contribution in [0.4, 0.5) is 0 Å². The minimum absolute atomic E-state index is 0. The molecule has 1 unspecified atom stereocenters. The summed E-state index contributed by atoms with van der Waals surface area (Å²) in [7, 11) is 0. The number of amides is 2. The molecule has 7 nitrogen and oxygen atoms in total. The Labute approximate surface area is 195 Å². The Hall–Kier alpha value is -1.44. The number of rotatable bonds is 14. The van der Waals surface area contributed by atoms with E-state index in [4.69, 9.17) is 4.74 Å². The second-order valence-electron chi connectivity index (χ2n) is 6.34. The number of hydrogen-bond acceptors (Lipinski definition) is 6. The molecule has 0 saturated carbocycles. The van der Waals surface area contributed by atoms with Crippen molar-refractivity contribution in [2.75, 3.05) is 6.61 Å². The van der Waals surface area contributed by atoms with Crippen molar-refractivity contribution >= 4 is 23.8 Å². The van der Waals surface area contributed by atoms with Crippen LogP contribution in [-0.2, 0) is 23.9 Å². The van der Waals surface area contributed by atoms with Gasteiger partial charge in [0.05, 0.1) is 6.61 Å². The number of carboxylic acids is 1. The molecule has 0 spiro atoms. The average molecular weight is 417 g/mol. The molecule has 2 amide bonds. The van der Waals surface area contributed by atoms with Crippen molar-refractivity contribution in [3.63, 3.8) is 0 Å². The summed E-state index contributed by atoms with van der Waals surface area (Å²) in [6.07, 6.45) is 9.63. The quantitative estimate of drug-likeness (QED) is 0.160. The van der Waals surface area contributed by atoms with Gasteiger partial charge in [-0.2, -0.15) is 0 Å². The third kappa shape index (κ3) is 13.4. The second-order valence-corrected chi connectivity index (χ2v) is 6.34. The van der Waals surface area contributed by atoms with Crippen molar-refractivity contribution in [2.45, 2.75) is 78.2 Å². The minimum atomic E-state index is -1.52. The number of carbonyl (C=O) groups excluding carboxylic acids is 4. The maximum absolute atomic E-state index is 12.7. The van der Waals surface area contributed by atoms with E-state index in [0.29, 0.717) is 32.1 Å². The fraction of sp³-hybridized carbons (Fsp3) is 0.619. The van der Waals surface area contributed by atoms with Crippen LogP contribution in [0, 0.1) is 0 Å². The third-order valence-electron chi connectivity index (χ3n) is 3.92. The summed E-state index contributed by atoms with van der Waals surface area (Å²) in [4.78, 5) is 49.7. The van der Waals surface area contributed by atoms with Crippen molar-refractivity contribution in [1.29, 1.82) is 0 Å². The summed E-state index contributed by atoms with van der Waals surface area (Å²) >= 11 is 0. The molecule has 0 aliphatic rings. The fourth-order valence-corrected chi connectivity index (χ4v) is 2.54. The van der Waals surface area contributed by atoms with Gasteiger partial charge in [0.15, 0.2) is 0 Å². The Kier molecular flexibility index (Phi) is 19.1. The van der Waals surface area contributed by atoms with Gasteiger partial charge >= 0.3 is 35.5 Å². The zero-order valence-electron chi connectivity index (χ0n) is 18.1. The number of hydrogen-bond donors (Lipinski definition) is 0. The van der Waals surface area contributed by atoms with Crippen molar-refractivity contribution < 1.29 is 58.6 Å². The number of carbonyl (C=O) groups is 4. The van der Waals surface area contributed by atoms with E-state index in [1.807, 2.05) is 38.2 Å². The van der Waals surface area contributed by atoms with E-state index in [1.165, 1.54) is 0 Å². The zero-order chi connectivity index (χ0) is 21.4. The first-order chi connectivity index (χ1) is 13.4. The third-order valence-corrected chi connectivity index (χ3v) is 3.92. The number of imide groups is 1. The first kappa shape index (κ1) is 29.8. The largest absolute Gasteiger partial charge is 1.00 e. The fourth-order valence-electron chi connectivity index (χ4n) is 2.54. The van der Waals surface area contributed by atoms with Crippen molar-refractivity contribution in [2.24, 2.45) is 0 Å². The summed E-state index contributed by atoms with van der Waals surface area (Å²) in [5, 5.41) is 11.1. The molecular formula is C21H32NNaO6. The molecule has 0 saturated heterocycles. The van der Waals surface area contributed by atoms with Crippen LogP contribution < -0.4 is 34.7 Å². The summed E-state index contributed by atoms with van der Waals surface area (Å²) in [5.41, 5.74) is 0. The smallest absolute Gasteiger partial charge is 0.550 e. The van der Waals surface area contributed by atoms with Crippen LogP contribution in [0.1, 0.15) is 72.1 Å². The summed E-state index contributed by atoms with van der Waals surface area (Å²) in [5.74, 6) is -3.55.